The molecule has 1 aliphatic heterocycles. The molecule has 4 aromatic carbocycles. The van der Waals surface area contributed by atoms with Gasteiger partial charge in [-0.15, -0.1) is 22.7 Å². The van der Waals surface area contributed by atoms with Gasteiger partial charge in [-0.3, -0.25) is 14.4 Å². The molecular formula is C52H58FN3O9S2. The zero-order valence-corrected chi connectivity index (χ0v) is 40.0. The minimum absolute atomic E-state index is 0.0149. The maximum absolute atomic E-state index is 14.0. The summed E-state index contributed by atoms with van der Waals surface area (Å²) < 4.78 is 38.1. The number of carbonyl (C=O) groups is 3. The van der Waals surface area contributed by atoms with E-state index < -0.39 is 35.4 Å². The molecule has 0 unspecified atom stereocenters. The number of halogens is 1. The van der Waals surface area contributed by atoms with E-state index in [0.29, 0.717) is 49.9 Å². The minimum Gasteiger partial charge on any atom is -0.508 e. The molecule has 12 nitrogen and oxygen atoms in total. The van der Waals surface area contributed by atoms with E-state index in [9.17, 15) is 29.0 Å². The summed E-state index contributed by atoms with van der Waals surface area (Å²) in [5, 5.41) is 29.4. The Hall–Kier alpha value is -5.84. The second kappa shape index (κ2) is 22.3. The lowest BCUT2D eigenvalue weighted by Crippen LogP contribution is -2.58. The number of carbonyl (C=O) groups excluding carboxylic acids is 3. The standard InChI is InChI=1S/C52H58FN3O9S2/c1-32-22-27-66-47(32)35-10-8-34(9-11-35)33(2)54-50(60)43-28-39(58)30-56(43)51(61)49(52(3,4)5)55-45(59)31-63-25-6-23-62-24-7-26-64-40-17-19-41(20-18-40)65-46-42-21-16-38(57)29-44(42)67-48(46)36-12-14-37(53)15-13-36/h8-22,27,29,33,39,43,49,57-58H,6-7,23-26,28,30-31H2,1-5H3,(H,54,60)(H,55,59)/t33-,39+,43-,49+/m0/s1. The molecule has 4 N–H and O–H groups in total. The van der Waals surface area contributed by atoms with Gasteiger partial charge in [0.25, 0.3) is 0 Å². The summed E-state index contributed by atoms with van der Waals surface area (Å²) in [6, 6.07) is 26.6. The molecule has 0 aliphatic carbocycles. The van der Waals surface area contributed by atoms with Crippen molar-refractivity contribution in [3.05, 3.63) is 119 Å². The SMILES string of the molecule is Cc1ccsc1-c1ccc([C@H](C)NC(=O)[C@@H]2C[C@@H](O)CN2C(=O)[C@@H](NC(=O)COCCCOCCCOc2ccc(Oc3c(-c4ccc(F)cc4)sc4cc(O)ccc34)cc2)C(C)(C)C)cc1. The largest absolute Gasteiger partial charge is 0.508 e. The number of aliphatic hydroxyl groups is 1. The monoisotopic (exact) mass is 951 g/mol. The number of likely N-dealkylation sites (tertiary alicyclic amines) is 1. The molecule has 1 saturated heterocycles. The van der Waals surface area contributed by atoms with Gasteiger partial charge in [-0.1, -0.05) is 57.2 Å². The van der Waals surface area contributed by atoms with Crippen molar-refractivity contribution in [3.63, 3.8) is 0 Å². The van der Waals surface area contributed by atoms with Crippen molar-refractivity contribution < 1.29 is 47.9 Å². The molecule has 2 aromatic heterocycles. The van der Waals surface area contributed by atoms with Crippen LogP contribution in [0.2, 0.25) is 0 Å². The predicted molar refractivity (Wildman–Crippen MR) is 260 cm³/mol. The number of hydrogen-bond acceptors (Lipinski definition) is 11. The fourth-order valence-corrected chi connectivity index (χ4v) is 9.97. The molecule has 3 heterocycles. The van der Waals surface area contributed by atoms with Crippen LogP contribution in [0.1, 0.15) is 64.1 Å². The van der Waals surface area contributed by atoms with E-state index in [1.807, 2.05) is 82.3 Å². The molecule has 3 amide bonds. The van der Waals surface area contributed by atoms with E-state index in [0.717, 1.165) is 31.7 Å². The molecule has 6 aromatic rings. The zero-order chi connectivity index (χ0) is 47.7. The predicted octanol–water partition coefficient (Wildman–Crippen LogP) is 9.80. The van der Waals surface area contributed by atoms with E-state index in [1.54, 1.807) is 35.6 Å². The summed E-state index contributed by atoms with van der Waals surface area (Å²) in [7, 11) is 0. The average molecular weight is 952 g/mol. The highest BCUT2D eigenvalue weighted by Gasteiger charge is 2.44. The number of aryl methyl sites for hydroxylation is 1. The molecule has 1 fully saturated rings. The molecule has 1 aliphatic rings. The maximum atomic E-state index is 14.0. The van der Waals surface area contributed by atoms with Gasteiger partial charge in [0.1, 0.15) is 41.8 Å². The third-order valence-electron chi connectivity index (χ3n) is 11.5. The normalized spacial score (nSPS) is 15.9. The van der Waals surface area contributed by atoms with Crippen LogP contribution in [-0.4, -0.2) is 90.6 Å². The van der Waals surface area contributed by atoms with Gasteiger partial charge in [0.05, 0.1) is 23.6 Å². The highest BCUT2D eigenvalue weighted by Crippen LogP contribution is 2.47. The molecule has 7 rings (SSSR count). The van der Waals surface area contributed by atoms with E-state index in [1.165, 1.54) is 38.8 Å². The number of nitrogens with one attached hydrogen (secondary N) is 2. The Balaban J connectivity index is 0.795. The number of β-amino-alcohol motifs (C(OH)–C–C–N with tert-alkyl or cyclic N) is 1. The van der Waals surface area contributed by atoms with Crippen LogP contribution in [0.15, 0.2) is 102 Å². The lowest BCUT2D eigenvalue weighted by atomic mass is 9.85. The Labute approximate surface area is 398 Å². The summed E-state index contributed by atoms with van der Waals surface area (Å²) in [6.45, 7) is 10.8. The number of rotatable bonds is 20. The van der Waals surface area contributed by atoms with Crippen molar-refractivity contribution in [2.24, 2.45) is 5.41 Å². The van der Waals surface area contributed by atoms with Crippen LogP contribution in [0.3, 0.4) is 0 Å². The zero-order valence-electron chi connectivity index (χ0n) is 38.4. The number of aromatic hydroxyl groups is 1. The Morgan fingerprint density at radius 3 is 2.18 bits per heavy atom. The molecule has 15 heteroatoms. The Morgan fingerprint density at radius 1 is 0.836 bits per heavy atom. The number of ether oxygens (including phenoxy) is 4. The number of thiophene rings is 2. The first kappa shape index (κ1) is 49.1. The second-order valence-corrected chi connectivity index (χ2v) is 19.8. The molecule has 67 heavy (non-hydrogen) atoms. The van der Waals surface area contributed by atoms with Gasteiger partial charge >= 0.3 is 0 Å². The fourth-order valence-electron chi connectivity index (χ4n) is 7.86. The number of hydrogen-bond donors (Lipinski definition) is 4. The van der Waals surface area contributed by atoms with Crippen molar-refractivity contribution in [1.29, 1.82) is 0 Å². The quantitative estimate of drug-likeness (QED) is 0.0548. The molecule has 4 atom stereocenters. The summed E-state index contributed by atoms with van der Waals surface area (Å²) >= 11 is 3.14. The summed E-state index contributed by atoms with van der Waals surface area (Å²) in [6.07, 6.45) is 0.429. The maximum Gasteiger partial charge on any atom is 0.246 e. The van der Waals surface area contributed by atoms with E-state index in [-0.39, 0.29) is 49.7 Å². The molecule has 0 saturated carbocycles. The summed E-state index contributed by atoms with van der Waals surface area (Å²) in [5.74, 6) is 0.457. The van der Waals surface area contributed by atoms with Gasteiger partial charge in [-0.25, -0.2) is 4.39 Å². The third-order valence-corrected chi connectivity index (χ3v) is 13.7. The molecule has 0 radical (unpaired) electrons. The topological polar surface area (TPSA) is 156 Å². The van der Waals surface area contributed by atoms with Gasteiger partial charge in [-0.05, 0) is 114 Å². The number of benzene rings is 4. The Kier molecular flexibility index (Phi) is 16.3. The highest BCUT2D eigenvalue weighted by molar-refractivity contribution is 7.22. The third kappa shape index (κ3) is 12.8. The van der Waals surface area contributed by atoms with Crippen LogP contribution in [0.4, 0.5) is 4.39 Å². The summed E-state index contributed by atoms with van der Waals surface area (Å²) in [4.78, 5) is 44.1. The lowest BCUT2D eigenvalue weighted by Gasteiger charge is -2.35. The Bertz CT molecular complexity index is 2610. The van der Waals surface area contributed by atoms with Crippen molar-refractivity contribution in [2.45, 2.75) is 78.1 Å². The molecule has 354 valence electrons. The molecule has 0 spiro atoms. The lowest BCUT2D eigenvalue weighted by molar-refractivity contribution is -0.144. The van der Waals surface area contributed by atoms with E-state index in [4.69, 9.17) is 18.9 Å². The van der Waals surface area contributed by atoms with E-state index in [2.05, 4.69) is 29.0 Å². The molecule has 0 bridgehead atoms. The van der Waals surface area contributed by atoms with Gasteiger partial charge in [0.15, 0.2) is 5.75 Å². The smallest absolute Gasteiger partial charge is 0.246 e. The van der Waals surface area contributed by atoms with E-state index >= 15 is 0 Å². The van der Waals surface area contributed by atoms with Gasteiger partial charge < -0.3 is 44.7 Å². The molecular weight excluding hydrogens is 894 g/mol. The van der Waals surface area contributed by atoms with Crippen LogP contribution >= 0.6 is 22.7 Å². The highest BCUT2D eigenvalue weighted by atomic mass is 32.1. The van der Waals surface area contributed by atoms with Gasteiger partial charge in [-0.2, -0.15) is 0 Å². The average Bonchev–Trinajstić information content (AvgIpc) is 4.02. The first-order chi connectivity index (χ1) is 32.1. The van der Waals surface area contributed by atoms with Crippen molar-refractivity contribution >= 4 is 50.5 Å². The van der Waals surface area contributed by atoms with Crippen LogP contribution in [0, 0.1) is 18.2 Å². The number of phenols is 1. The number of nitrogens with zero attached hydrogens (tertiary/aromatic N) is 1. The Morgan fingerprint density at radius 2 is 1.49 bits per heavy atom. The number of phenolic OH excluding ortho intramolecular Hbond substituents is 1. The number of aliphatic hydroxyl groups excluding tert-OH is 1. The van der Waals surface area contributed by atoms with Crippen molar-refractivity contribution in [2.75, 3.05) is 39.6 Å². The first-order valence-electron chi connectivity index (χ1n) is 22.4. The fraction of sp³-hybridized carbons (Fsp3) is 0.365. The van der Waals surface area contributed by atoms with Gasteiger partial charge in [0.2, 0.25) is 17.7 Å². The number of fused-ring (bicyclic) bond motifs is 1. The summed E-state index contributed by atoms with van der Waals surface area (Å²) in [5.41, 5.74) is 3.35. The van der Waals surface area contributed by atoms with Crippen LogP contribution < -0.4 is 20.1 Å². The van der Waals surface area contributed by atoms with Crippen LogP contribution in [0.5, 0.6) is 23.0 Å². The second-order valence-electron chi connectivity index (χ2n) is 17.8. The first-order valence-corrected chi connectivity index (χ1v) is 24.1. The number of amides is 3. The van der Waals surface area contributed by atoms with Gasteiger partial charge in [0, 0.05) is 54.2 Å². The van der Waals surface area contributed by atoms with Crippen LogP contribution in [-0.2, 0) is 23.9 Å². The van der Waals surface area contributed by atoms with Crippen LogP contribution in [0.25, 0.3) is 31.0 Å². The van der Waals surface area contributed by atoms with Crippen molar-refractivity contribution in [3.8, 4) is 43.9 Å². The minimum atomic E-state index is -0.960. The van der Waals surface area contributed by atoms with Crippen molar-refractivity contribution in [1.82, 2.24) is 15.5 Å².